The van der Waals surface area contributed by atoms with Crippen LogP contribution in [0.1, 0.15) is 42.8 Å². The Kier molecular flexibility index (Phi) is 5.29. The van der Waals surface area contributed by atoms with E-state index >= 15 is 0 Å². The Hall–Kier alpha value is -2.15. The van der Waals surface area contributed by atoms with Crippen LogP contribution >= 0.6 is 0 Å². The lowest BCUT2D eigenvalue weighted by Crippen LogP contribution is -2.43. The quantitative estimate of drug-likeness (QED) is 0.872. The average molecular weight is 370 g/mol. The molecule has 2 aliphatic rings. The molecule has 4 rings (SSSR count). The first-order valence-corrected chi connectivity index (χ1v) is 10.2. The molecule has 4 heterocycles. The molecule has 0 saturated carbocycles. The second kappa shape index (κ2) is 7.84. The molecular weight excluding hydrogens is 338 g/mol. The van der Waals surface area contributed by atoms with Gasteiger partial charge in [0.1, 0.15) is 5.82 Å². The van der Waals surface area contributed by atoms with Crippen molar-refractivity contribution in [2.75, 3.05) is 36.0 Å². The fraction of sp³-hybridized carbons (Fsp3) is 0.650. The molecular formula is C20H31N7. The van der Waals surface area contributed by atoms with E-state index in [-0.39, 0.29) is 0 Å². The molecule has 0 amide bonds. The van der Waals surface area contributed by atoms with Crippen LogP contribution in [0.4, 0.5) is 11.8 Å². The van der Waals surface area contributed by atoms with Crippen LogP contribution in [0.5, 0.6) is 0 Å². The Morgan fingerprint density at radius 3 is 2.37 bits per heavy atom. The zero-order valence-electron chi connectivity index (χ0n) is 16.8. The summed E-state index contributed by atoms with van der Waals surface area (Å²) in [5, 5.41) is 8.13. The second-order valence-corrected chi connectivity index (χ2v) is 7.90. The van der Waals surface area contributed by atoms with Gasteiger partial charge in [-0.15, -0.1) is 0 Å². The van der Waals surface area contributed by atoms with Crippen molar-refractivity contribution < 1.29 is 0 Å². The van der Waals surface area contributed by atoms with Gasteiger partial charge in [-0.1, -0.05) is 0 Å². The summed E-state index contributed by atoms with van der Waals surface area (Å²) in [6.07, 6.45) is 4.78. The van der Waals surface area contributed by atoms with Gasteiger partial charge in [-0.25, -0.2) is 4.98 Å². The minimum absolute atomic E-state index is 0.553. The van der Waals surface area contributed by atoms with Gasteiger partial charge < -0.3 is 15.1 Å². The van der Waals surface area contributed by atoms with Crippen molar-refractivity contribution >= 4 is 11.8 Å². The third-order valence-electron chi connectivity index (χ3n) is 5.71. The summed E-state index contributed by atoms with van der Waals surface area (Å²) < 4.78 is 1.97. The smallest absolute Gasteiger partial charge is 0.227 e. The topological polar surface area (TPSA) is 62.1 Å². The standard InChI is InChI=1S/C20H31N7/c1-15-13-19(23-20(22-15)27-8-4-5-9-27)26-10-6-17(7-11-26)21-14-18-12-16(2)24-25(18)3/h12-13,17,21H,4-11,14H2,1-3H3. The molecule has 7 heteroatoms. The lowest BCUT2D eigenvalue weighted by molar-refractivity contribution is 0.407. The van der Waals surface area contributed by atoms with Crippen molar-refractivity contribution in [1.82, 2.24) is 25.1 Å². The molecule has 1 N–H and O–H groups in total. The zero-order chi connectivity index (χ0) is 18.8. The molecule has 0 bridgehead atoms. The highest BCUT2D eigenvalue weighted by Crippen LogP contribution is 2.23. The summed E-state index contributed by atoms with van der Waals surface area (Å²) >= 11 is 0. The number of aryl methyl sites for hydroxylation is 3. The van der Waals surface area contributed by atoms with E-state index in [4.69, 9.17) is 4.98 Å². The Labute approximate surface area is 161 Å². The van der Waals surface area contributed by atoms with Crippen molar-refractivity contribution in [1.29, 1.82) is 0 Å². The van der Waals surface area contributed by atoms with Crippen LogP contribution in [0.2, 0.25) is 0 Å². The molecule has 0 unspecified atom stereocenters. The largest absolute Gasteiger partial charge is 0.356 e. The minimum Gasteiger partial charge on any atom is -0.356 e. The van der Waals surface area contributed by atoms with E-state index in [9.17, 15) is 0 Å². The second-order valence-electron chi connectivity index (χ2n) is 7.90. The molecule has 0 spiro atoms. The summed E-state index contributed by atoms with van der Waals surface area (Å²) in [4.78, 5) is 14.3. The van der Waals surface area contributed by atoms with E-state index in [0.717, 1.165) is 68.7 Å². The maximum absolute atomic E-state index is 4.88. The Morgan fingerprint density at radius 2 is 1.70 bits per heavy atom. The van der Waals surface area contributed by atoms with Crippen molar-refractivity contribution in [3.05, 3.63) is 29.2 Å². The van der Waals surface area contributed by atoms with Crippen molar-refractivity contribution in [3.8, 4) is 0 Å². The van der Waals surface area contributed by atoms with E-state index in [1.54, 1.807) is 0 Å². The Balaban J connectivity index is 1.34. The van der Waals surface area contributed by atoms with Gasteiger partial charge in [0.05, 0.1) is 11.4 Å². The third kappa shape index (κ3) is 4.24. The number of hydrogen-bond acceptors (Lipinski definition) is 6. The van der Waals surface area contributed by atoms with Crippen molar-refractivity contribution in [2.24, 2.45) is 7.05 Å². The highest BCUT2D eigenvalue weighted by molar-refractivity contribution is 5.46. The number of hydrogen-bond donors (Lipinski definition) is 1. The number of aromatic nitrogens is 4. The normalized spacial score (nSPS) is 18.5. The Bertz CT molecular complexity index is 771. The van der Waals surface area contributed by atoms with Crippen LogP contribution in [0, 0.1) is 13.8 Å². The maximum atomic E-state index is 4.88. The summed E-state index contributed by atoms with van der Waals surface area (Å²) in [7, 11) is 2.02. The molecule has 7 nitrogen and oxygen atoms in total. The first-order chi connectivity index (χ1) is 13.1. The van der Waals surface area contributed by atoms with Gasteiger partial charge in [0.2, 0.25) is 5.95 Å². The molecule has 146 valence electrons. The predicted octanol–water partition coefficient (Wildman–Crippen LogP) is 2.19. The summed E-state index contributed by atoms with van der Waals surface area (Å²) in [6.45, 7) is 9.26. The molecule has 2 aliphatic heterocycles. The molecule has 0 aromatic carbocycles. The van der Waals surface area contributed by atoms with Crippen LogP contribution in [-0.2, 0) is 13.6 Å². The monoisotopic (exact) mass is 369 g/mol. The first-order valence-electron chi connectivity index (χ1n) is 10.2. The lowest BCUT2D eigenvalue weighted by atomic mass is 10.0. The first kappa shape index (κ1) is 18.2. The van der Waals surface area contributed by atoms with Crippen LogP contribution in [0.15, 0.2) is 12.1 Å². The molecule has 2 aromatic rings. The molecule has 2 saturated heterocycles. The van der Waals surface area contributed by atoms with Crippen LogP contribution in [0.3, 0.4) is 0 Å². The van der Waals surface area contributed by atoms with Crippen molar-refractivity contribution in [2.45, 2.75) is 52.1 Å². The van der Waals surface area contributed by atoms with Gasteiger partial charge >= 0.3 is 0 Å². The number of anilines is 2. The van der Waals surface area contributed by atoms with Crippen LogP contribution in [0.25, 0.3) is 0 Å². The molecule has 0 atom stereocenters. The number of nitrogens with one attached hydrogen (secondary N) is 1. The predicted molar refractivity (Wildman–Crippen MR) is 108 cm³/mol. The fourth-order valence-corrected chi connectivity index (χ4v) is 4.15. The zero-order valence-corrected chi connectivity index (χ0v) is 16.8. The summed E-state index contributed by atoms with van der Waals surface area (Å²) in [5.74, 6) is 2.00. The van der Waals surface area contributed by atoms with Gasteiger partial charge in [-0.05, 0) is 45.6 Å². The van der Waals surface area contributed by atoms with Crippen molar-refractivity contribution in [3.63, 3.8) is 0 Å². The fourth-order valence-electron chi connectivity index (χ4n) is 4.15. The molecule has 0 radical (unpaired) electrons. The molecule has 0 aliphatic carbocycles. The highest BCUT2D eigenvalue weighted by Gasteiger charge is 2.22. The van der Waals surface area contributed by atoms with Gasteiger partial charge in [-0.3, -0.25) is 4.68 Å². The van der Waals surface area contributed by atoms with Crippen LogP contribution in [-0.4, -0.2) is 52.0 Å². The van der Waals surface area contributed by atoms with Gasteiger partial charge in [0.15, 0.2) is 0 Å². The molecule has 2 fully saturated rings. The summed E-state index contributed by atoms with van der Waals surface area (Å²) in [5.41, 5.74) is 3.39. The third-order valence-corrected chi connectivity index (χ3v) is 5.71. The average Bonchev–Trinajstić information content (AvgIpc) is 3.29. The van der Waals surface area contributed by atoms with E-state index in [2.05, 4.69) is 44.3 Å². The van der Waals surface area contributed by atoms with Gasteiger partial charge in [0.25, 0.3) is 0 Å². The van der Waals surface area contributed by atoms with E-state index in [1.165, 1.54) is 18.5 Å². The van der Waals surface area contributed by atoms with E-state index in [1.807, 2.05) is 18.7 Å². The highest BCUT2D eigenvalue weighted by atomic mass is 15.3. The maximum Gasteiger partial charge on any atom is 0.227 e. The van der Waals surface area contributed by atoms with E-state index in [0.29, 0.717) is 6.04 Å². The molecule has 2 aromatic heterocycles. The minimum atomic E-state index is 0.553. The van der Waals surface area contributed by atoms with E-state index < -0.39 is 0 Å². The van der Waals surface area contributed by atoms with Crippen LogP contribution < -0.4 is 15.1 Å². The SMILES string of the molecule is Cc1cc(N2CCC(NCc3cc(C)nn3C)CC2)nc(N2CCCC2)n1. The lowest BCUT2D eigenvalue weighted by Gasteiger charge is -2.33. The number of piperidine rings is 1. The molecule has 27 heavy (non-hydrogen) atoms. The number of rotatable bonds is 5. The Morgan fingerprint density at radius 1 is 0.963 bits per heavy atom. The van der Waals surface area contributed by atoms with Gasteiger partial charge in [0, 0.05) is 57.6 Å². The van der Waals surface area contributed by atoms with Gasteiger partial charge in [-0.2, -0.15) is 10.1 Å². The summed E-state index contributed by atoms with van der Waals surface area (Å²) in [6, 6.07) is 4.84. The number of nitrogens with zero attached hydrogens (tertiary/aromatic N) is 6.